The number of carbonyl (C=O) groups excluding carboxylic acids is 1. The van der Waals surface area contributed by atoms with Crippen LogP contribution in [-0.2, 0) is 16.6 Å². The van der Waals surface area contributed by atoms with Crippen LogP contribution in [0.5, 0.6) is 11.5 Å². The third-order valence-corrected chi connectivity index (χ3v) is 7.48. The SMILES string of the molecule is COc1ccc(N(Cc2cccnc2)c2ccc(C(=O)NS(=O)(=O)c3ccc(F)cc3)cc2)cc1OC1CC1. The number of anilines is 2. The Morgan fingerprint density at radius 3 is 2.36 bits per heavy atom. The molecule has 1 heterocycles. The molecule has 5 rings (SSSR count). The number of nitrogens with one attached hydrogen (secondary N) is 1. The molecule has 0 aliphatic heterocycles. The lowest BCUT2D eigenvalue weighted by molar-refractivity contribution is 0.0981. The lowest BCUT2D eigenvalue weighted by atomic mass is 10.1. The maximum absolute atomic E-state index is 13.2. The van der Waals surface area contributed by atoms with Gasteiger partial charge in [0.25, 0.3) is 15.9 Å². The van der Waals surface area contributed by atoms with Crippen LogP contribution >= 0.6 is 0 Å². The van der Waals surface area contributed by atoms with Gasteiger partial charge in [-0.3, -0.25) is 9.78 Å². The third-order valence-electron chi connectivity index (χ3n) is 6.13. The predicted octanol–water partition coefficient (Wildman–Crippen LogP) is 5.23. The first kappa shape index (κ1) is 26.2. The average Bonchev–Trinajstić information content (AvgIpc) is 3.76. The summed E-state index contributed by atoms with van der Waals surface area (Å²) in [6.07, 6.45) is 5.68. The number of sulfonamides is 1. The first-order valence-electron chi connectivity index (χ1n) is 12.3. The van der Waals surface area contributed by atoms with Crippen LogP contribution in [0.15, 0.2) is 96.2 Å². The lowest BCUT2D eigenvalue weighted by Crippen LogP contribution is -2.30. The number of amides is 1. The molecule has 0 radical (unpaired) electrons. The van der Waals surface area contributed by atoms with Gasteiger partial charge in [-0.25, -0.2) is 17.5 Å². The van der Waals surface area contributed by atoms with E-state index in [2.05, 4.69) is 4.98 Å². The van der Waals surface area contributed by atoms with Crippen LogP contribution in [0, 0.1) is 5.82 Å². The van der Waals surface area contributed by atoms with Crippen molar-refractivity contribution in [2.45, 2.75) is 30.4 Å². The first-order chi connectivity index (χ1) is 18.8. The number of halogens is 1. The standard InChI is InChI=1S/C29H26FN3O5S/c1-37-27-15-10-24(17-28(27)38-25-11-12-25)33(19-20-3-2-16-31-18-20)23-8-4-21(5-9-23)29(34)32-39(35,36)26-13-6-22(30)7-14-26/h2-10,13-18,25H,11-12,19H2,1H3,(H,32,34). The molecule has 3 aromatic carbocycles. The van der Waals surface area contributed by atoms with Crippen LogP contribution in [0.3, 0.4) is 0 Å². The predicted molar refractivity (Wildman–Crippen MR) is 144 cm³/mol. The van der Waals surface area contributed by atoms with E-state index in [1.165, 1.54) is 0 Å². The van der Waals surface area contributed by atoms with Crippen LogP contribution in [0.4, 0.5) is 15.8 Å². The van der Waals surface area contributed by atoms with Crippen molar-refractivity contribution < 1.29 is 27.1 Å². The number of methoxy groups -OCH3 is 1. The summed E-state index contributed by atoms with van der Waals surface area (Å²) in [7, 11) is -2.56. The highest BCUT2D eigenvalue weighted by molar-refractivity contribution is 7.90. The monoisotopic (exact) mass is 547 g/mol. The molecule has 1 aliphatic rings. The highest BCUT2D eigenvalue weighted by Crippen LogP contribution is 2.38. The maximum atomic E-state index is 13.2. The summed E-state index contributed by atoms with van der Waals surface area (Å²) in [6, 6.07) is 20.3. The molecule has 4 aromatic rings. The summed E-state index contributed by atoms with van der Waals surface area (Å²) < 4.78 is 51.9. The number of ether oxygens (including phenoxy) is 2. The Morgan fingerprint density at radius 1 is 1.00 bits per heavy atom. The van der Waals surface area contributed by atoms with E-state index in [9.17, 15) is 17.6 Å². The molecule has 1 fully saturated rings. The molecule has 0 saturated heterocycles. The fourth-order valence-electron chi connectivity index (χ4n) is 3.94. The highest BCUT2D eigenvalue weighted by Gasteiger charge is 2.26. The molecule has 0 unspecified atom stereocenters. The van der Waals surface area contributed by atoms with Crippen LogP contribution in [0.1, 0.15) is 28.8 Å². The largest absolute Gasteiger partial charge is 0.493 e. The number of pyridine rings is 1. The van der Waals surface area contributed by atoms with E-state index >= 15 is 0 Å². The molecule has 1 saturated carbocycles. The van der Waals surface area contributed by atoms with Crippen molar-refractivity contribution in [3.8, 4) is 11.5 Å². The van der Waals surface area contributed by atoms with Gasteiger partial charge >= 0.3 is 0 Å². The van der Waals surface area contributed by atoms with Crippen molar-refractivity contribution in [1.29, 1.82) is 0 Å². The number of hydrogen-bond acceptors (Lipinski definition) is 7. The normalized spacial score (nSPS) is 13.0. The van der Waals surface area contributed by atoms with Gasteiger partial charge in [0.1, 0.15) is 5.82 Å². The number of rotatable bonds is 10. The number of benzene rings is 3. The molecule has 39 heavy (non-hydrogen) atoms. The van der Waals surface area contributed by atoms with Gasteiger partial charge in [-0.15, -0.1) is 0 Å². The topological polar surface area (TPSA) is 97.8 Å². The Hall–Kier alpha value is -4.44. The van der Waals surface area contributed by atoms with Crippen molar-refractivity contribution in [3.63, 3.8) is 0 Å². The number of nitrogens with zero attached hydrogens (tertiary/aromatic N) is 2. The smallest absolute Gasteiger partial charge is 0.264 e. The van der Waals surface area contributed by atoms with Crippen LogP contribution in [-0.4, -0.2) is 32.5 Å². The van der Waals surface area contributed by atoms with Gasteiger partial charge in [-0.05, 0) is 85.1 Å². The van der Waals surface area contributed by atoms with Crippen molar-refractivity contribution in [3.05, 3.63) is 108 Å². The minimum absolute atomic E-state index is 0.151. The highest BCUT2D eigenvalue weighted by atomic mass is 32.2. The fourth-order valence-corrected chi connectivity index (χ4v) is 4.92. The zero-order valence-electron chi connectivity index (χ0n) is 21.1. The van der Waals surface area contributed by atoms with E-state index in [0.29, 0.717) is 18.0 Å². The molecule has 1 N–H and O–H groups in total. The zero-order valence-corrected chi connectivity index (χ0v) is 21.9. The van der Waals surface area contributed by atoms with Gasteiger partial charge < -0.3 is 14.4 Å². The second-order valence-electron chi connectivity index (χ2n) is 9.04. The summed E-state index contributed by atoms with van der Waals surface area (Å²) >= 11 is 0. The Kier molecular flexibility index (Phi) is 7.47. The van der Waals surface area contributed by atoms with Crippen LogP contribution in [0.25, 0.3) is 0 Å². The van der Waals surface area contributed by atoms with E-state index < -0.39 is 21.7 Å². The number of aromatic nitrogens is 1. The Bertz CT molecular complexity index is 1560. The third kappa shape index (κ3) is 6.35. The van der Waals surface area contributed by atoms with Gasteiger partial charge in [0.2, 0.25) is 0 Å². The van der Waals surface area contributed by atoms with Gasteiger partial charge in [0.15, 0.2) is 11.5 Å². The summed E-state index contributed by atoms with van der Waals surface area (Å²) in [6.45, 7) is 0.480. The second kappa shape index (κ2) is 11.1. The second-order valence-corrected chi connectivity index (χ2v) is 10.7. The molecule has 1 aliphatic carbocycles. The molecule has 0 spiro atoms. The lowest BCUT2D eigenvalue weighted by Gasteiger charge is -2.26. The molecule has 1 aromatic heterocycles. The summed E-state index contributed by atoms with van der Waals surface area (Å²) in [5.74, 6) is -0.0823. The number of hydrogen-bond donors (Lipinski definition) is 1. The molecule has 1 amide bonds. The Morgan fingerprint density at radius 2 is 1.72 bits per heavy atom. The van der Waals surface area contributed by atoms with Crippen molar-refractivity contribution >= 4 is 27.3 Å². The van der Waals surface area contributed by atoms with Crippen molar-refractivity contribution in [2.24, 2.45) is 0 Å². The Labute approximate surface area is 226 Å². The van der Waals surface area contributed by atoms with Crippen molar-refractivity contribution in [2.75, 3.05) is 12.0 Å². The minimum atomic E-state index is -4.16. The molecule has 0 atom stereocenters. The molecular weight excluding hydrogens is 521 g/mol. The summed E-state index contributed by atoms with van der Waals surface area (Å²) in [4.78, 5) is 18.8. The average molecular weight is 548 g/mol. The quantitative estimate of drug-likeness (QED) is 0.290. The summed E-state index contributed by atoms with van der Waals surface area (Å²) in [5, 5.41) is 0. The Balaban J connectivity index is 1.42. The van der Waals surface area contributed by atoms with Gasteiger partial charge in [0, 0.05) is 41.9 Å². The molecular formula is C29H26FN3O5S. The molecule has 8 nitrogen and oxygen atoms in total. The van der Waals surface area contributed by atoms with E-state index in [4.69, 9.17) is 9.47 Å². The minimum Gasteiger partial charge on any atom is -0.493 e. The van der Waals surface area contributed by atoms with Crippen LogP contribution in [0.2, 0.25) is 0 Å². The van der Waals surface area contributed by atoms with E-state index in [-0.39, 0.29) is 16.6 Å². The van der Waals surface area contributed by atoms with Crippen LogP contribution < -0.4 is 19.1 Å². The van der Waals surface area contributed by atoms with Gasteiger partial charge in [-0.2, -0.15) is 0 Å². The summed E-state index contributed by atoms with van der Waals surface area (Å²) in [5.41, 5.74) is 2.72. The molecule has 10 heteroatoms. The molecule has 200 valence electrons. The first-order valence-corrected chi connectivity index (χ1v) is 13.7. The fraction of sp³-hybridized carbons (Fsp3) is 0.172. The van der Waals surface area contributed by atoms with Gasteiger partial charge in [0.05, 0.1) is 18.1 Å². The van der Waals surface area contributed by atoms with E-state index in [0.717, 1.165) is 54.0 Å². The number of carbonyl (C=O) groups is 1. The van der Waals surface area contributed by atoms with Gasteiger partial charge in [-0.1, -0.05) is 6.07 Å². The zero-order chi connectivity index (χ0) is 27.4. The maximum Gasteiger partial charge on any atom is 0.264 e. The van der Waals surface area contributed by atoms with E-state index in [1.54, 1.807) is 43.8 Å². The van der Waals surface area contributed by atoms with E-state index in [1.807, 2.05) is 40.0 Å². The van der Waals surface area contributed by atoms with Crippen molar-refractivity contribution in [1.82, 2.24) is 9.71 Å². The molecule has 0 bridgehead atoms.